The highest BCUT2D eigenvalue weighted by Gasteiger charge is 2.42. The van der Waals surface area contributed by atoms with Crippen molar-refractivity contribution in [3.05, 3.63) is 42.2 Å². The quantitative estimate of drug-likeness (QED) is 0.913. The van der Waals surface area contributed by atoms with Crippen molar-refractivity contribution in [3.63, 3.8) is 0 Å². The first-order valence-corrected chi connectivity index (χ1v) is 7.90. The normalized spacial score (nSPS) is 24.3. The van der Waals surface area contributed by atoms with Crippen LogP contribution in [0.25, 0.3) is 10.8 Å². The van der Waals surface area contributed by atoms with Crippen molar-refractivity contribution < 1.29 is 14.7 Å². The molecule has 2 N–H and O–H groups in total. The molecule has 0 aliphatic heterocycles. The van der Waals surface area contributed by atoms with E-state index < -0.39 is 17.4 Å². The first-order valence-electron chi connectivity index (χ1n) is 7.90. The van der Waals surface area contributed by atoms with Crippen LogP contribution in [-0.2, 0) is 4.79 Å². The SMILES string of the molecule is CC1(NC(=O)c2nccc3ccccc23)CCCCC1C(=O)O. The molecule has 0 radical (unpaired) electrons. The lowest BCUT2D eigenvalue weighted by Gasteiger charge is -2.39. The number of rotatable bonds is 3. The van der Waals surface area contributed by atoms with Gasteiger partial charge in [0, 0.05) is 11.6 Å². The number of hydrogen-bond acceptors (Lipinski definition) is 3. The monoisotopic (exact) mass is 312 g/mol. The van der Waals surface area contributed by atoms with Crippen LogP contribution in [0.4, 0.5) is 0 Å². The van der Waals surface area contributed by atoms with E-state index in [2.05, 4.69) is 10.3 Å². The minimum absolute atomic E-state index is 0.308. The van der Waals surface area contributed by atoms with Crippen LogP contribution >= 0.6 is 0 Å². The van der Waals surface area contributed by atoms with Gasteiger partial charge in [-0.15, -0.1) is 0 Å². The molecule has 3 rings (SSSR count). The van der Waals surface area contributed by atoms with Crippen molar-refractivity contribution in [2.24, 2.45) is 5.92 Å². The Hall–Kier alpha value is -2.43. The molecule has 5 nitrogen and oxygen atoms in total. The second kappa shape index (κ2) is 5.99. The van der Waals surface area contributed by atoms with Gasteiger partial charge in [-0.25, -0.2) is 0 Å². The van der Waals surface area contributed by atoms with Gasteiger partial charge in [-0.3, -0.25) is 14.6 Å². The van der Waals surface area contributed by atoms with Crippen molar-refractivity contribution >= 4 is 22.6 Å². The van der Waals surface area contributed by atoms with E-state index in [1.807, 2.05) is 37.3 Å². The number of pyridine rings is 1. The minimum atomic E-state index is -0.849. The van der Waals surface area contributed by atoms with Gasteiger partial charge in [-0.2, -0.15) is 0 Å². The molecule has 5 heteroatoms. The van der Waals surface area contributed by atoms with Crippen molar-refractivity contribution in [1.29, 1.82) is 0 Å². The smallest absolute Gasteiger partial charge is 0.308 e. The molecule has 1 fully saturated rings. The summed E-state index contributed by atoms with van der Waals surface area (Å²) in [5, 5.41) is 14.1. The van der Waals surface area contributed by atoms with Crippen LogP contribution in [0.3, 0.4) is 0 Å². The lowest BCUT2D eigenvalue weighted by atomic mass is 9.74. The Balaban J connectivity index is 1.92. The van der Waals surface area contributed by atoms with Gasteiger partial charge in [-0.05, 0) is 31.2 Å². The number of nitrogens with one attached hydrogen (secondary N) is 1. The standard InChI is InChI=1S/C18H20N2O3/c1-18(10-5-4-8-14(18)17(22)23)20-16(21)15-13-7-3-2-6-12(13)9-11-19-15/h2-3,6-7,9,11,14H,4-5,8,10H2,1H3,(H,20,21)(H,22,23). The van der Waals surface area contributed by atoms with E-state index in [1.54, 1.807) is 6.20 Å². The maximum absolute atomic E-state index is 12.7. The Bertz CT molecular complexity index is 754. The number of carbonyl (C=O) groups excluding carboxylic acids is 1. The Labute approximate surface area is 134 Å². The number of carboxylic acids is 1. The van der Waals surface area contributed by atoms with Crippen LogP contribution in [-0.4, -0.2) is 27.5 Å². The molecule has 1 saturated carbocycles. The first-order chi connectivity index (χ1) is 11.0. The third kappa shape index (κ3) is 2.91. The van der Waals surface area contributed by atoms with E-state index in [9.17, 15) is 14.7 Å². The summed E-state index contributed by atoms with van der Waals surface area (Å²) in [5.41, 5.74) is -0.390. The molecular formula is C18H20N2O3. The van der Waals surface area contributed by atoms with Gasteiger partial charge < -0.3 is 10.4 Å². The zero-order chi connectivity index (χ0) is 16.4. The maximum Gasteiger partial charge on any atom is 0.308 e. The lowest BCUT2D eigenvalue weighted by molar-refractivity contribution is -0.145. The molecule has 1 aliphatic carbocycles. The Morgan fingerprint density at radius 2 is 2.04 bits per heavy atom. The van der Waals surface area contributed by atoms with Crippen LogP contribution < -0.4 is 5.32 Å². The average molecular weight is 312 g/mol. The number of aliphatic carboxylic acids is 1. The van der Waals surface area contributed by atoms with E-state index >= 15 is 0 Å². The molecule has 23 heavy (non-hydrogen) atoms. The number of amides is 1. The van der Waals surface area contributed by atoms with Gasteiger partial charge in [-0.1, -0.05) is 37.1 Å². The second-order valence-corrected chi connectivity index (χ2v) is 6.39. The van der Waals surface area contributed by atoms with Gasteiger partial charge >= 0.3 is 5.97 Å². The summed E-state index contributed by atoms with van der Waals surface area (Å²) in [6.45, 7) is 1.83. The fourth-order valence-electron chi connectivity index (χ4n) is 3.50. The third-order valence-electron chi connectivity index (χ3n) is 4.79. The molecule has 1 heterocycles. The van der Waals surface area contributed by atoms with Crippen LogP contribution in [0.2, 0.25) is 0 Å². The van der Waals surface area contributed by atoms with Crippen LogP contribution in [0.15, 0.2) is 36.5 Å². The van der Waals surface area contributed by atoms with Gasteiger partial charge in [0.15, 0.2) is 0 Å². The molecule has 120 valence electrons. The van der Waals surface area contributed by atoms with Crippen molar-refractivity contribution in [1.82, 2.24) is 10.3 Å². The summed E-state index contributed by atoms with van der Waals surface area (Å²) in [6, 6.07) is 9.41. The number of carboxylic acid groups (broad SMARTS) is 1. The summed E-state index contributed by atoms with van der Waals surface area (Å²) in [7, 11) is 0. The van der Waals surface area contributed by atoms with E-state index in [4.69, 9.17) is 0 Å². The molecule has 1 amide bonds. The first kappa shape index (κ1) is 15.5. The number of benzene rings is 1. The van der Waals surface area contributed by atoms with Crippen LogP contribution in [0.1, 0.15) is 43.1 Å². The minimum Gasteiger partial charge on any atom is -0.481 e. The highest BCUT2D eigenvalue weighted by atomic mass is 16.4. The van der Waals surface area contributed by atoms with Gasteiger partial charge in [0.1, 0.15) is 5.69 Å². The van der Waals surface area contributed by atoms with Crippen LogP contribution in [0, 0.1) is 5.92 Å². The van der Waals surface area contributed by atoms with E-state index in [1.165, 1.54) is 0 Å². The highest BCUT2D eigenvalue weighted by Crippen LogP contribution is 2.34. The molecular weight excluding hydrogens is 292 g/mol. The molecule has 2 unspecified atom stereocenters. The fraction of sp³-hybridized carbons (Fsp3) is 0.389. The summed E-state index contributed by atoms with van der Waals surface area (Å²) in [4.78, 5) is 28.5. The van der Waals surface area contributed by atoms with E-state index in [-0.39, 0.29) is 5.91 Å². The number of nitrogens with zero attached hydrogens (tertiary/aromatic N) is 1. The molecule has 1 aromatic heterocycles. The van der Waals surface area contributed by atoms with Gasteiger partial charge in [0.05, 0.1) is 11.5 Å². The molecule has 0 bridgehead atoms. The molecule has 0 saturated heterocycles. The number of hydrogen-bond donors (Lipinski definition) is 2. The predicted molar refractivity (Wildman–Crippen MR) is 87.2 cm³/mol. The molecule has 2 aromatic rings. The van der Waals surface area contributed by atoms with Gasteiger partial charge in [0.25, 0.3) is 5.91 Å². The highest BCUT2D eigenvalue weighted by molar-refractivity contribution is 6.05. The summed E-state index contributed by atoms with van der Waals surface area (Å²) >= 11 is 0. The maximum atomic E-state index is 12.7. The molecule has 1 aliphatic rings. The number of fused-ring (bicyclic) bond motifs is 1. The largest absolute Gasteiger partial charge is 0.481 e. The summed E-state index contributed by atoms with van der Waals surface area (Å²) < 4.78 is 0. The summed E-state index contributed by atoms with van der Waals surface area (Å²) in [6.07, 6.45) is 4.67. The Kier molecular flexibility index (Phi) is 4.03. The van der Waals surface area contributed by atoms with Gasteiger partial charge in [0.2, 0.25) is 0 Å². The van der Waals surface area contributed by atoms with Crippen molar-refractivity contribution in [2.75, 3.05) is 0 Å². The predicted octanol–water partition coefficient (Wildman–Crippen LogP) is 3.00. The molecule has 2 atom stereocenters. The van der Waals surface area contributed by atoms with Crippen LogP contribution in [0.5, 0.6) is 0 Å². The van der Waals surface area contributed by atoms with Crippen molar-refractivity contribution in [3.8, 4) is 0 Å². The van der Waals surface area contributed by atoms with E-state index in [0.717, 1.165) is 23.6 Å². The van der Waals surface area contributed by atoms with E-state index in [0.29, 0.717) is 18.5 Å². The Morgan fingerprint density at radius 3 is 2.83 bits per heavy atom. The topological polar surface area (TPSA) is 79.3 Å². The zero-order valence-corrected chi connectivity index (χ0v) is 13.1. The lowest BCUT2D eigenvalue weighted by Crippen LogP contribution is -2.55. The second-order valence-electron chi connectivity index (χ2n) is 6.39. The fourth-order valence-corrected chi connectivity index (χ4v) is 3.50. The third-order valence-corrected chi connectivity index (χ3v) is 4.79. The summed E-state index contributed by atoms with van der Waals surface area (Å²) in [5.74, 6) is -1.72. The average Bonchev–Trinajstić information content (AvgIpc) is 2.54. The number of carbonyl (C=O) groups is 2. The Morgan fingerprint density at radius 1 is 1.26 bits per heavy atom. The number of aromatic nitrogens is 1. The van der Waals surface area contributed by atoms with Crippen molar-refractivity contribution in [2.45, 2.75) is 38.1 Å². The molecule has 0 spiro atoms. The zero-order valence-electron chi connectivity index (χ0n) is 13.1. The molecule has 1 aromatic carbocycles.